The number of alkyl halides is 3. The molecule has 1 aromatic carbocycles. The standard InChI is InChI=1S/C14H14F3N5O.ClH/c15-14(16,17)10-3-1-2-4-12(10)22-8-11(20-21-22)13(23)19-7-9-5-18-6-9;/h1-4,8-9,18H,5-7H2,(H,19,23);1H. The molecule has 2 N–H and O–H groups in total. The van der Waals surface area contributed by atoms with Crippen LogP contribution in [0.3, 0.4) is 0 Å². The molecular weight excluding hydrogens is 347 g/mol. The number of nitrogens with zero attached hydrogens (tertiary/aromatic N) is 3. The van der Waals surface area contributed by atoms with E-state index >= 15 is 0 Å². The highest BCUT2D eigenvalue weighted by Crippen LogP contribution is 2.33. The zero-order chi connectivity index (χ0) is 16.4. The molecule has 2 heterocycles. The monoisotopic (exact) mass is 361 g/mol. The zero-order valence-corrected chi connectivity index (χ0v) is 13.2. The Hall–Kier alpha value is -2.13. The molecule has 3 rings (SSSR count). The van der Waals surface area contributed by atoms with Crippen LogP contribution in [0.2, 0.25) is 0 Å². The SMILES string of the molecule is Cl.O=C(NCC1CNC1)c1cn(-c2ccccc2C(F)(F)F)nn1. The first-order chi connectivity index (χ1) is 10.9. The van der Waals surface area contributed by atoms with E-state index in [1.807, 2.05) is 0 Å². The molecule has 2 aromatic rings. The molecule has 130 valence electrons. The van der Waals surface area contributed by atoms with Gasteiger partial charge in [-0.1, -0.05) is 17.3 Å². The second-order valence-electron chi connectivity index (χ2n) is 5.30. The topological polar surface area (TPSA) is 71.8 Å². The van der Waals surface area contributed by atoms with Crippen molar-refractivity contribution in [2.75, 3.05) is 19.6 Å². The minimum atomic E-state index is -4.51. The Balaban J connectivity index is 0.00000208. The van der Waals surface area contributed by atoms with Crippen LogP contribution in [0.1, 0.15) is 16.1 Å². The minimum absolute atomic E-state index is 0. The summed E-state index contributed by atoms with van der Waals surface area (Å²) in [7, 11) is 0. The molecule has 1 aliphatic rings. The van der Waals surface area contributed by atoms with E-state index in [1.54, 1.807) is 0 Å². The van der Waals surface area contributed by atoms with Gasteiger partial charge in [0.2, 0.25) is 0 Å². The van der Waals surface area contributed by atoms with Gasteiger partial charge in [-0.05, 0) is 12.1 Å². The molecular formula is C14H15ClF3N5O. The summed E-state index contributed by atoms with van der Waals surface area (Å²) in [5.74, 6) is -0.0763. The van der Waals surface area contributed by atoms with Gasteiger partial charge in [-0.2, -0.15) is 13.2 Å². The quantitative estimate of drug-likeness (QED) is 0.868. The van der Waals surface area contributed by atoms with Gasteiger partial charge in [0.1, 0.15) is 0 Å². The fourth-order valence-corrected chi connectivity index (χ4v) is 2.22. The van der Waals surface area contributed by atoms with Crippen LogP contribution in [0, 0.1) is 5.92 Å². The number of aromatic nitrogens is 3. The number of hydrogen-bond donors (Lipinski definition) is 2. The first kappa shape index (κ1) is 18.2. The van der Waals surface area contributed by atoms with Crippen LogP contribution in [-0.4, -0.2) is 40.5 Å². The van der Waals surface area contributed by atoms with E-state index in [-0.39, 0.29) is 23.8 Å². The predicted octanol–water partition coefficient (Wildman–Crippen LogP) is 1.66. The smallest absolute Gasteiger partial charge is 0.350 e. The molecule has 0 atom stereocenters. The van der Waals surface area contributed by atoms with Crippen LogP contribution in [0.25, 0.3) is 5.69 Å². The lowest BCUT2D eigenvalue weighted by molar-refractivity contribution is -0.137. The number of rotatable bonds is 4. The van der Waals surface area contributed by atoms with Crippen LogP contribution in [0.5, 0.6) is 0 Å². The summed E-state index contributed by atoms with van der Waals surface area (Å²) < 4.78 is 40.0. The van der Waals surface area contributed by atoms with Gasteiger partial charge in [-0.25, -0.2) is 4.68 Å². The Bertz CT molecular complexity index is 714. The fourth-order valence-electron chi connectivity index (χ4n) is 2.22. The Morgan fingerprint density at radius 2 is 2.04 bits per heavy atom. The van der Waals surface area contributed by atoms with Gasteiger partial charge in [0.05, 0.1) is 17.4 Å². The van der Waals surface area contributed by atoms with Crippen molar-refractivity contribution in [1.29, 1.82) is 0 Å². The van der Waals surface area contributed by atoms with E-state index in [4.69, 9.17) is 0 Å². The van der Waals surface area contributed by atoms with Gasteiger partial charge in [0, 0.05) is 25.6 Å². The number of amides is 1. The largest absolute Gasteiger partial charge is 0.418 e. The third-order valence-corrected chi connectivity index (χ3v) is 3.60. The van der Waals surface area contributed by atoms with Crippen LogP contribution >= 0.6 is 12.4 Å². The zero-order valence-electron chi connectivity index (χ0n) is 12.4. The first-order valence-electron chi connectivity index (χ1n) is 7.03. The third-order valence-electron chi connectivity index (χ3n) is 3.60. The van der Waals surface area contributed by atoms with Crippen molar-refractivity contribution < 1.29 is 18.0 Å². The average Bonchev–Trinajstić information content (AvgIpc) is 2.94. The van der Waals surface area contributed by atoms with E-state index in [9.17, 15) is 18.0 Å². The summed E-state index contributed by atoms with van der Waals surface area (Å²) in [6.07, 6.45) is -3.32. The predicted molar refractivity (Wildman–Crippen MR) is 82.3 cm³/mol. The Kier molecular flexibility index (Phi) is 5.45. The summed E-state index contributed by atoms with van der Waals surface area (Å²) in [5, 5.41) is 13.1. The maximum atomic E-state index is 13.0. The number of carbonyl (C=O) groups is 1. The van der Waals surface area contributed by atoms with Crippen molar-refractivity contribution in [3.63, 3.8) is 0 Å². The highest BCUT2D eigenvalue weighted by Gasteiger charge is 2.34. The maximum absolute atomic E-state index is 13.0. The Morgan fingerprint density at radius 1 is 1.33 bits per heavy atom. The molecule has 1 aromatic heterocycles. The van der Waals surface area contributed by atoms with E-state index in [1.165, 1.54) is 24.4 Å². The van der Waals surface area contributed by atoms with Crippen LogP contribution in [-0.2, 0) is 6.18 Å². The molecule has 1 aliphatic heterocycles. The van der Waals surface area contributed by atoms with Crippen LogP contribution in [0.15, 0.2) is 30.5 Å². The summed E-state index contributed by atoms with van der Waals surface area (Å²) in [6.45, 7) is 2.18. The minimum Gasteiger partial charge on any atom is -0.350 e. The third kappa shape index (κ3) is 3.85. The number of para-hydroxylation sites is 1. The second kappa shape index (κ2) is 7.18. The molecule has 24 heavy (non-hydrogen) atoms. The van der Waals surface area contributed by atoms with Crippen molar-refractivity contribution >= 4 is 18.3 Å². The van der Waals surface area contributed by atoms with Gasteiger partial charge in [0.25, 0.3) is 5.91 Å². The average molecular weight is 362 g/mol. The fraction of sp³-hybridized carbons (Fsp3) is 0.357. The maximum Gasteiger partial charge on any atom is 0.418 e. The Labute approximate surface area is 141 Å². The number of nitrogens with one attached hydrogen (secondary N) is 2. The molecule has 0 saturated carbocycles. The van der Waals surface area contributed by atoms with Crippen molar-refractivity contribution in [2.24, 2.45) is 5.92 Å². The van der Waals surface area contributed by atoms with E-state index in [0.717, 1.165) is 23.8 Å². The van der Waals surface area contributed by atoms with Gasteiger partial charge in [-0.3, -0.25) is 4.79 Å². The first-order valence-corrected chi connectivity index (χ1v) is 7.03. The van der Waals surface area contributed by atoms with Crippen molar-refractivity contribution in [1.82, 2.24) is 25.6 Å². The normalized spacial score (nSPS) is 14.6. The molecule has 1 saturated heterocycles. The molecule has 6 nitrogen and oxygen atoms in total. The van der Waals surface area contributed by atoms with E-state index in [0.29, 0.717) is 12.5 Å². The molecule has 1 amide bonds. The van der Waals surface area contributed by atoms with Gasteiger partial charge in [0.15, 0.2) is 5.69 Å². The summed E-state index contributed by atoms with van der Waals surface area (Å²) in [5.41, 5.74) is -1.03. The molecule has 0 bridgehead atoms. The van der Waals surface area contributed by atoms with E-state index in [2.05, 4.69) is 20.9 Å². The summed E-state index contributed by atoms with van der Waals surface area (Å²) in [4.78, 5) is 11.9. The number of halogens is 4. The number of benzene rings is 1. The van der Waals surface area contributed by atoms with Gasteiger partial charge >= 0.3 is 6.18 Å². The van der Waals surface area contributed by atoms with Gasteiger partial charge < -0.3 is 10.6 Å². The van der Waals surface area contributed by atoms with Crippen molar-refractivity contribution in [2.45, 2.75) is 6.18 Å². The molecule has 0 spiro atoms. The lowest BCUT2D eigenvalue weighted by Crippen LogP contribution is -2.48. The summed E-state index contributed by atoms with van der Waals surface area (Å²) >= 11 is 0. The lowest BCUT2D eigenvalue weighted by Gasteiger charge is -2.26. The van der Waals surface area contributed by atoms with Crippen LogP contribution < -0.4 is 10.6 Å². The number of hydrogen-bond acceptors (Lipinski definition) is 4. The molecule has 10 heteroatoms. The highest BCUT2D eigenvalue weighted by atomic mass is 35.5. The van der Waals surface area contributed by atoms with Gasteiger partial charge in [-0.15, -0.1) is 17.5 Å². The summed E-state index contributed by atoms with van der Waals surface area (Å²) in [6, 6.07) is 5.00. The van der Waals surface area contributed by atoms with E-state index < -0.39 is 17.6 Å². The molecule has 0 radical (unpaired) electrons. The molecule has 1 fully saturated rings. The molecule has 0 aliphatic carbocycles. The Morgan fingerprint density at radius 3 is 2.67 bits per heavy atom. The lowest BCUT2D eigenvalue weighted by atomic mass is 10.0. The highest BCUT2D eigenvalue weighted by molar-refractivity contribution is 5.91. The number of carbonyl (C=O) groups excluding carboxylic acids is 1. The van der Waals surface area contributed by atoms with Crippen LogP contribution in [0.4, 0.5) is 13.2 Å². The second-order valence-corrected chi connectivity index (χ2v) is 5.30. The van der Waals surface area contributed by atoms with Crippen molar-refractivity contribution in [3.8, 4) is 5.69 Å². The molecule has 0 unspecified atom stereocenters. The van der Waals surface area contributed by atoms with Crippen molar-refractivity contribution in [3.05, 3.63) is 41.7 Å².